The molecule has 0 saturated carbocycles. The van der Waals surface area contributed by atoms with E-state index in [1.54, 1.807) is 26.0 Å². The molecule has 3 aromatic rings. The predicted octanol–water partition coefficient (Wildman–Crippen LogP) is 4.22. The Kier molecular flexibility index (Phi) is 4.80. The molecule has 0 unspecified atom stereocenters. The van der Waals surface area contributed by atoms with Crippen molar-refractivity contribution in [2.45, 2.75) is 20.5 Å². The maximum atomic E-state index is 12.7. The third-order valence-electron chi connectivity index (χ3n) is 4.12. The molecule has 1 N–H and O–H groups in total. The lowest BCUT2D eigenvalue weighted by atomic mass is 10.00. The summed E-state index contributed by atoms with van der Waals surface area (Å²) in [6, 6.07) is 18.5. The van der Waals surface area contributed by atoms with Crippen molar-refractivity contribution in [2.24, 2.45) is 0 Å². The molecule has 4 nitrogen and oxygen atoms in total. The molecule has 126 valence electrons. The lowest BCUT2D eigenvalue weighted by Gasteiger charge is -2.05. The summed E-state index contributed by atoms with van der Waals surface area (Å²) >= 11 is 0. The van der Waals surface area contributed by atoms with E-state index in [-0.39, 0.29) is 12.4 Å². The zero-order chi connectivity index (χ0) is 17.8. The van der Waals surface area contributed by atoms with E-state index in [4.69, 9.17) is 4.74 Å². The number of carbonyl (C=O) groups is 2. The van der Waals surface area contributed by atoms with Crippen molar-refractivity contribution in [1.82, 2.24) is 4.98 Å². The average molecular weight is 333 g/mol. The van der Waals surface area contributed by atoms with Gasteiger partial charge in [0.2, 0.25) is 0 Å². The largest absolute Gasteiger partial charge is 0.456 e. The molecule has 0 aliphatic rings. The van der Waals surface area contributed by atoms with Gasteiger partial charge in [0, 0.05) is 16.8 Å². The van der Waals surface area contributed by atoms with E-state index < -0.39 is 5.97 Å². The van der Waals surface area contributed by atoms with Crippen LogP contribution in [0.4, 0.5) is 0 Å². The normalized spacial score (nSPS) is 10.5. The van der Waals surface area contributed by atoms with E-state index in [2.05, 4.69) is 4.98 Å². The lowest BCUT2D eigenvalue weighted by molar-refractivity contribution is 0.0465. The summed E-state index contributed by atoms with van der Waals surface area (Å²) in [6.45, 7) is 3.75. The van der Waals surface area contributed by atoms with E-state index in [0.717, 1.165) is 5.56 Å². The van der Waals surface area contributed by atoms with Gasteiger partial charge in [0.1, 0.15) is 12.3 Å². The number of aryl methyl sites for hydroxylation is 1. The molecule has 0 fully saturated rings. The van der Waals surface area contributed by atoms with Crippen LogP contribution in [-0.2, 0) is 11.3 Å². The van der Waals surface area contributed by atoms with Crippen molar-refractivity contribution < 1.29 is 14.3 Å². The number of hydrogen-bond donors (Lipinski definition) is 1. The molecule has 0 amide bonds. The Labute approximate surface area is 146 Å². The van der Waals surface area contributed by atoms with Crippen LogP contribution in [0.5, 0.6) is 0 Å². The van der Waals surface area contributed by atoms with Gasteiger partial charge in [-0.3, -0.25) is 4.79 Å². The molecule has 2 aromatic carbocycles. The number of nitrogens with one attached hydrogen (secondary N) is 1. The van der Waals surface area contributed by atoms with Gasteiger partial charge in [-0.1, -0.05) is 60.7 Å². The molecule has 0 bridgehead atoms. The first kappa shape index (κ1) is 16.7. The molecule has 4 heteroatoms. The Morgan fingerprint density at radius 2 is 1.52 bits per heavy atom. The summed E-state index contributed by atoms with van der Waals surface area (Å²) in [5.41, 5.74) is 3.64. The monoisotopic (exact) mass is 333 g/mol. The highest BCUT2D eigenvalue weighted by molar-refractivity contribution is 6.12. The fourth-order valence-electron chi connectivity index (χ4n) is 2.82. The van der Waals surface area contributed by atoms with Crippen molar-refractivity contribution in [3.8, 4) is 0 Å². The second-order valence-corrected chi connectivity index (χ2v) is 5.88. The number of H-pyrrole nitrogens is 1. The summed E-state index contributed by atoms with van der Waals surface area (Å²) in [6.07, 6.45) is 0. The highest BCUT2D eigenvalue weighted by atomic mass is 16.5. The highest BCUT2D eigenvalue weighted by Gasteiger charge is 2.23. The van der Waals surface area contributed by atoms with E-state index >= 15 is 0 Å². The van der Waals surface area contributed by atoms with E-state index in [1.807, 2.05) is 48.5 Å². The van der Waals surface area contributed by atoms with Crippen molar-refractivity contribution in [3.63, 3.8) is 0 Å². The number of benzene rings is 2. The zero-order valence-corrected chi connectivity index (χ0v) is 14.2. The first-order valence-corrected chi connectivity index (χ1v) is 8.08. The van der Waals surface area contributed by atoms with Gasteiger partial charge in [0.15, 0.2) is 5.78 Å². The van der Waals surface area contributed by atoms with E-state index in [1.165, 1.54) is 0 Å². The number of hydrogen-bond acceptors (Lipinski definition) is 3. The van der Waals surface area contributed by atoms with Gasteiger partial charge in [-0.25, -0.2) is 4.79 Å². The van der Waals surface area contributed by atoms with Crippen LogP contribution in [0.15, 0.2) is 60.7 Å². The van der Waals surface area contributed by atoms with Gasteiger partial charge in [-0.05, 0) is 25.0 Å². The smallest absolute Gasteiger partial charge is 0.355 e. The molecule has 0 aliphatic heterocycles. The number of esters is 1. The van der Waals surface area contributed by atoms with Crippen molar-refractivity contribution in [3.05, 3.63) is 94.3 Å². The Morgan fingerprint density at radius 3 is 2.16 bits per heavy atom. The topological polar surface area (TPSA) is 59.2 Å². The van der Waals surface area contributed by atoms with Crippen LogP contribution < -0.4 is 0 Å². The van der Waals surface area contributed by atoms with Gasteiger partial charge < -0.3 is 9.72 Å². The molecular formula is C21H19NO3. The standard InChI is InChI=1S/C21H19NO3/c1-14-18(20(23)17-11-7-4-8-12-17)15(2)22-19(14)21(24)25-13-16-9-5-3-6-10-16/h3-12,22H,13H2,1-2H3. The van der Waals surface area contributed by atoms with Crippen molar-refractivity contribution in [1.29, 1.82) is 0 Å². The van der Waals surface area contributed by atoms with Crippen LogP contribution in [0, 0.1) is 13.8 Å². The molecule has 25 heavy (non-hydrogen) atoms. The third-order valence-corrected chi connectivity index (χ3v) is 4.12. The Hall–Kier alpha value is -3.14. The maximum absolute atomic E-state index is 12.7. The minimum Gasteiger partial charge on any atom is -0.456 e. The number of ether oxygens (including phenoxy) is 1. The Balaban J connectivity index is 1.82. The van der Waals surface area contributed by atoms with Crippen molar-refractivity contribution >= 4 is 11.8 Å². The minimum atomic E-state index is -0.462. The second-order valence-electron chi connectivity index (χ2n) is 5.88. The lowest BCUT2D eigenvalue weighted by Crippen LogP contribution is -2.08. The molecule has 0 aliphatic carbocycles. The molecule has 0 radical (unpaired) electrons. The number of aromatic amines is 1. The molecule has 0 saturated heterocycles. The fourth-order valence-corrected chi connectivity index (χ4v) is 2.82. The molecule has 1 heterocycles. The average Bonchev–Trinajstić information content (AvgIpc) is 2.95. The molecule has 3 rings (SSSR count). The van der Waals surface area contributed by atoms with Crippen LogP contribution in [0.25, 0.3) is 0 Å². The number of carbonyl (C=O) groups excluding carboxylic acids is 2. The summed E-state index contributed by atoms with van der Waals surface area (Å²) < 4.78 is 5.37. The van der Waals surface area contributed by atoms with Crippen LogP contribution in [0.2, 0.25) is 0 Å². The Bertz CT molecular complexity index is 896. The van der Waals surface area contributed by atoms with Gasteiger partial charge in [-0.15, -0.1) is 0 Å². The Morgan fingerprint density at radius 1 is 0.920 bits per heavy atom. The second kappa shape index (κ2) is 7.18. The summed E-state index contributed by atoms with van der Waals surface area (Å²) in [7, 11) is 0. The molecule has 0 spiro atoms. The number of ketones is 1. The van der Waals surface area contributed by atoms with E-state index in [0.29, 0.717) is 28.1 Å². The first-order valence-electron chi connectivity index (χ1n) is 8.08. The van der Waals surface area contributed by atoms with Crippen LogP contribution in [0.3, 0.4) is 0 Å². The SMILES string of the molecule is Cc1[nH]c(C(=O)OCc2ccccc2)c(C)c1C(=O)c1ccccc1. The van der Waals surface area contributed by atoms with Gasteiger partial charge >= 0.3 is 5.97 Å². The van der Waals surface area contributed by atoms with Crippen molar-refractivity contribution in [2.75, 3.05) is 0 Å². The summed E-state index contributed by atoms with van der Waals surface area (Å²) in [5.74, 6) is -0.564. The van der Waals surface area contributed by atoms with Gasteiger partial charge in [-0.2, -0.15) is 0 Å². The summed E-state index contributed by atoms with van der Waals surface area (Å²) in [4.78, 5) is 28.1. The van der Waals surface area contributed by atoms with Gasteiger partial charge in [0.05, 0.1) is 0 Å². The van der Waals surface area contributed by atoms with Crippen LogP contribution in [-0.4, -0.2) is 16.7 Å². The zero-order valence-electron chi connectivity index (χ0n) is 14.2. The number of rotatable bonds is 5. The predicted molar refractivity (Wildman–Crippen MR) is 95.7 cm³/mol. The number of aromatic nitrogens is 1. The molecule has 0 atom stereocenters. The third kappa shape index (κ3) is 3.53. The van der Waals surface area contributed by atoms with E-state index in [9.17, 15) is 9.59 Å². The van der Waals surface area contributed by atoms with Gasteiger partial charge in [0.25, 0.3) is 0 Å². The quantitative estimate of drug-likeness (QED) is 0.562. The molecule has 1 aromatic heterocycles. The highest BCUT2D eigenvalue weighted by Crippen LogP contribution is 2.22. The maximum Gasteiger partial charge on any atom is 0.355 e. The van der Waals surface area contributed by atoms with Crippen LogP contribution in [0.1, 0.15) is 43.2 Å². The van der Waals surface area contributed by atoms with Crippen LogP contribution >= 0.6 is 0 Å². The molecular weight excluding hydrogens is 314 g/mol. The fraction of sp³-hybridized carbons (Fsp3) is 0.143. The first-order chi connectivity index (χ1) is 12.1. The minimum absolute atomic E-state index is 0.103. The summed E-state index contributed by atoms with van der Waals surface area (Å²) in [5, 5.41) is 0.